The summed E-state index contributed by atoms with van der Waals surface area (Å²) in [7, 11) is 0. The number of amidine groups is 1. The van der Waals surface area contributed by atoms with E-state index in [9.17, 15) is 4.79 Å². The van der Waals surface area contributed by atoms with E-state index in [1.807, 2.05) is 38.1 Å². The van der Waals surface area contributed by atoms with Gasteiger partial charge in [-0.1, -0.05) is 29.8 Å². The molecule has 0 bridgehead atoms. The van der Waals surface area contributed by atoms with Gasteiger partial charge in [0.15, 0.2) is 5.84 Å². The largest absolute Gasteiger partial charge is 0.409 e. The molecule has 5 heteroatoms. The predicted molar refractivity (Wildman–Crippen MR) is 74.0 cm³/mol. The van der Waals surface area contributed by atoms with Crippen molar-refractivity contribution < 1.29 is 10.0 Å². The van der Waals surface area contributed by atoms with E-state index in [0.717, 1.165) is 11.3 Å². The van der Waals surface area contributed by atoms with Crippen LogP contribution in [-0.2, 0) is 4.79 Å². The minimum absolute atomic E-state index is 0.00443. The summed E-state index contributed by atoms with van der Waals surface area (Å²) in [5.41, 5.74) is 6.68. The minimum Gasteiger partial charge on any atom is -0.409 e. The highest BCUT2D eigenvalue weighted by Crippen LogP contribution is 2.46. The number of benzene rings is 1. The lowest BCUT2D eigenvalue weighted by molar-refractivity contribution is -0.127. The van der Waals surface area contributed by atoms with Crippen molar-refractivity contribution in [3.8, 4) is 0 Å². The number of hydrogen-bond acceptors (Lipinski definition) is 3. The second kappa shape index (κ2) is 4.91. The lowest BCUT2D eigenvalue weighted by atomic mass is 9.61. The van der Waals surface area contributed by atoms with Crippen molar-refractivity contribution in [2.45, 2.75) is 26.7 Å². The van der Waals surface area contributed by atoms with Crippen LogP contribution in [0.5, 0.6) is 0 Å². The third-order valence-electron chi connectivity index (χ3n) is 3.74. The Balaban J connectivity index is 2.15. The van der Waals surface area contributed by atoms with Gasteiger partial charge in [0.2, 0.25) is 5.91 Å². The van der Waals surface area contributed by atoms with E-state index >= 15 is 0 Å². The first-order chi connectivity index (χ1) is 8.98. The van der Waals surface area contributed by atoms with E-state index in [1.165, 1.54) is 0 Å². The van der Waals surface area contributed by atoms with E-state index < -0.39 is 5.41 Å². The molecule has 2 rings (SSSR count). The molecule has 5 nitrogen and oxygen atoms in total. The van der Waals surface area contributed by atoms with Crippen LogP contribution >= 0.6 is 0 Å². The zero-order valence-electron chi connectivity index (χ0n) is 11.2. The van der Waals surface area contributed by atoms with E-state index in [1.54, 1.807) is 0 Å². The smallest absolute Gasteiger partial charge is 0.238 e. The fourth-order valence-corrected chi connectivity index (χ4v) is 2.62. The van der Waals surface area contributed by atoms with Crippen molar-refractivity contribution in [3.05, 3.63) is 29.8 Å². The van der Waals surface area contributed by atoms with Gasteiger partial charge in [-0.05, 0) is 37.8 Å². The van der Waals surface area contributed by atoms with Crippen LogP contribution in [0.2, 0.25) is 0 Å². The number of hydrogen-bond donors (Lipinski definition) is 3. The summed E-state index contributed by atoms with van der Waals surface area (Å²) in [6, 6.07) is 7.54. The van der Waals surface area contributed by atoms with Crippen LogP contribution in [-0.4, -0.2) is 17.0 Å². The van der Waals surface area contributed by atoms with E-state index in [-0.39, 0.29) is 11.7 Å². The number of amides is 1. The first kappa shape index (κ1) is 13.4. The molecule has 0 spiro atoms. The van der Waals surface area contributed by atoms with Gasteiger partial charge in [0.05, 0.1) is 0 Å². The molecule has 1 aromatic carbocycles. The fraction of sp³-hybridized carbons (Fsp3) is 0.429. The average molecular weight is 261 g/mol. The van der Waals surface area contributed by atoms with Gasteiger partial charge in [0, 0.05) is 5.69 Å². The summed E-state index contributed by atoms with van der Waals surface area (Å²) in [5.74, 6) is 0.198. The Labute approximate surface area is 112 Å². The Morgan fingerprint density at radius 2 is 2.00 bits per heavy atom. The zero-order valence-corrected chi connectivity index (χ0v) is 11.2. The highest BCUT2D eigenvalue weighted by molar-refractivity contribution is 6.12. The molecule has 0 aliphatic heterocycles. The van der Waals surface area contributed by atoms with Crippen LogP contribution in [0.4, 0.5) is 5.69 Å². The van der Waals surface area contributed by atoms with Gasteiger partial charge in [-0.3, -0.25) is 4.79 Å². The van der Waals surface area contributed by atoms with Gasteiger partial charge < -0.3 is 16.3 Å². The highest BCUT2D eigenvalue weighted by atomic mass is 16.4. The molecular formula is C14H19N3O2. The monoisotopic (exact) mass is 261 g/mol. The van der Waals surface area contributed by atoms with Gasteiger partial charge >= 0.3 is 0 Å². The molecule has 0 heterocycles. The molecule has 0 unspecified atom stereocenters. The molecular weight excluding hydrogens is 242 g/mol. The zero-order chi connectivity index (χ0) is 14.0. The van der Waals surface area contributed by atoms with Crippen molar-refractivity contribution in [1.29, 1.82) is 0 Å². The molecule has 1 saturated carbocycles. The third-order valence-corrected chi connectivity index (χ3v) is 3.74. The first-order valence-electron chi connectivity index (χ1n) is 6.34. The molecule has 102 valence electrons. The maximum Gasteiger partial charge on any atom is 0.238 e. The second-order valence-corrected chi connectivity index (χ2v) is 5.40. The number of carbonyl (C=O) groups is 1. The molecule has 0 aromatic heterocycles. The quantitative estimate of drug-likeness (QED) is 0.337. The van der Waals surface area contributed by atoms with Crippen LogP contribution in [0.25, 0.3) is 0 Å². The maximum absolute atomic E-state index is 12.4. The number of nitrogens with two attached hydrogens (primary N) is 1. The highest BCUT2D eigenvalue weighted by Gasteiger charge is 2.52. The molecule has 1 fully saturated rings. The summed E-state index contributed by atoms with van der Waals surface area (Å²) < 4.78 is 0. The number of anilines is 1. The summed E-state index contributed by atoms with van der Waals surface area (Å²) in [4.78, 5) is 12.4. The van der Waals surface area contributed by atoms with E-state index in [0.29, 0.717) is 18.8 Å². The van der Waals surface area contributed by atoms with Crippen LogP contribution in [0.15, 0.2) is 29.4 Å². The molecule has 1 aliphatic carbocycles. The Morgan fingerprint density at radius 3 is 2.47 bits per heavy atom. The number of nitrogens with one attached hydrogen (secondary N) is 1. The molecule has 0 radical (unpaired) electrons. The topological polar surface area (TPSA) is 87.7 Å². The first-order valence-corrected chi connectivity index (χ1v) is 6.34. The van der Waals surface area contributed by atoms with Crippen molar-refractivity contribution in [1.82, 2.24) is 0 Å². The van der Waals surface area contributed by atoms with Gasteiger partial charge in [0.1, 0.15) is 5.41 Å². The number of oxime groups is 1. The lowest BCUT2D eigenvalue weighted by Crippen LogP contribution is -2.54. The molecule has 4 N–H and O–H groups in total. The van der Waals surface area contributed by atoms with Gasteiger partial charge in [-0.2, -0.15) is 0 Å². The van der Waals surface area contributed by atoms with Gasteiger partial charge in [-0.25, -0.2) is 0 Å². The van der Waals surface area contributed by atoms with Crippen LogP contribution in [0.3, 0.4) is 0 Å². The number of aryl methyl sites for hydroxylation is 1. The second-order valence-electron chi connectivity index (χ2n) is 5.40. The summed E-state index contributed by atoms with van der Waals surface area (Å²) in [6.07, 6.45) is 1.22. The summed E-state index contributed by atoms with van der Waals surface area (Å²) >= 11 is 0. The summed E-state index contributed by atoms with van der Waals surface area (Å²) in [6.45, 7) is 4.03. The third kappa shape index (κ3) is 2.41. The SMILES string of the molecule is Cc1ccc(NC(=O)C2(/C(N)=N/O)CC(C)C2)cc1. The van der Waals surface area contributed by atoms with Crippen molar-refractivity contribution >= 4 is 17.4 Å². The minimum atomic E-state index is -0.862. The Bertz CT molecular complexity index is 502. The van der Waals surface area contributed by atoms with Gasteiger partial charge in [0.25, 0.3) is 0 Å². The molecule has 19 heavy (non-hydrogen) atoms. The van der Waals surface area contributed by atoms with E-state index in [4.69, 9.17) is 10.9 Å². The number of carbonyl (C=O) groups excluding carboxylic acids is 1. The van der Waals surface area contributed by atoms with Crippen LogP contribution in [0.1, 0.15) is 25.3 Å². The summed E-state index contributed by atoms with van der Waals surface area (Å²) in [5, 5.41) is 14.7. The Kier molecular flexibility index (Phi) is 3.46. The van der Waals surface area contributed by atoms with Gasteiger partial charge in [-0.15, -0.1) is 0 Å². The van der Waals surface area contributed by atoms with Crippen molar-refractivity contribution in [2.24, 2.45) is 22.2 Å². The average Bonchev–Trinajstić information content (AvgIpc) is 2.36. The predicted octanol–water partition coefficient (Wildman–Crippen LogP) is 2.10. The maximum atomic E-state index is 12.4. The van der Waals surface area contributed by atoms with E-state index in [2.05, 4.69) is 10.5 Å². The molecule has 1 aromatic rings. The fourth-order valence-electron chi connectivity index (χ4n) is 2.62. The Hall–Kier alpha value is -2.04. The molecule has 1 amide bonds. The van der Waals surface area contributed by atoms with Crippen LogP contribution in [0, 0.1) is 18.3 Å². The molecule has 1 aliphatic rings. The normalized spacial score (nSPS) is 26.6. The van der Waals surface area contributed by atoms with Crippen molar-refractivity contribution in [2.75, 3.05) is 5.32 Å². The molecule has 0 atom stereocenters. The number of rotatable bonds is 3. The Morgan fingerprint density at radius 1 is 1.42 bits per heavy atom. The molecule has 0 saturated heterocycles. The standard InChI is InChI=1S/C14H19N3O2/c1-9-3-5-11(6-4-9)16-13(18)14(12(15)17-19)7-10(2)8-14/h3-6,10,19H,7-8H2,1-2H3,(H2,15,17)(H,16,18). The lowest BCUT2D eigenvalue weighted by Gasteiger charge is -2.43. The number of nitrogens with zero attached hydrogens (tertiary/aromatic N) is 1. The van der Waals surface area contributed by atoms with Crippen LogP contribution < -0.4 is 11.1 Å². The van der Waals surface area contributed by atoms with Crippen molar-refractivity contribution in [3.63, 3.8) is 0 Å².